The van der Waals surface area contributed by atoms with E-state index in [1.165, 1.54) is 32.2 Å². The number of hydrogen-bond donors (Lipinski definition) is 2. The summed E-state index contributed by atoms with van der Waals surface area (Å²) in [6, 6.07) is 3.36. The Labute approximate surface area is 150 Å². The molecule has 0 amide bonds. The van der Waals surface area contributed by atoms with Crippen molar-refractivity contribution >= 4 is 21.7 Å². The number of aromatic nitrogens is 1. The van der Waals surface area contributed by atoms with Gasteiger partial charge in [0.1, 0.15) is 17.5 Å². The summed E-state index contributed by atoms with van der Waals surface area (Å²) in [6.45, 7) is 2.36. The van der Waals surface area contributed by atoms with E-state index in [-0.39, 0.29) is 11.9 Å². The summed E-state index contributed by atoms with van der Waals surface area (Å²) in [5.41, 5.74) is 6.00. The Kier molecular flexibility index (Phi) is 6.81. The number of halogens is 1. The smallest absolute Gasteiger partial charge is 0.178 e. The molecule has 4 N–H and O–H groups in total. The van der Waals surface area contributed by atoms with Crippen molar-refractivity contribution in [2.24, 2.45) is 17.5 Å². The van der Waals surface area contributed by atoms with Gasteiger partial charge in [0.25, 0.3) is 0 Å². The number of rotatable bonds is 9. The molecule has 24 heavy (non-hydrogen) atoms. The number of nitrogens with two attached hydrogens (primary N) is 2. The lowest BCUT2D eigenvalue weighted by Crippen LogP contribution is -2.27. The molecule has 130 valence electrons. The van der Waals surface area contributed by atoms with Crippen LogP contribution in [0.3, 0.4) is 0 Å². The van der Waals surface area contributed by atoms with Crippen molar-refractivity contribution in [1.29, 1.82) is 0 Å². The molecule has 1 aromatic heterocycles. The van der Waals surface area contributed by atoms with Gasteiger partial charge >= 0.3 is 0 Å². The highest BCUT2D eigenvalue weighted by atomic mass is 79.9. The zero-order valence-corrected chi connectivity index (χ0v) is 15.3. The molecule has 1 fully saturated rings. The monoisotopic (exact) mass is 394 g/mol. The first kappa shape index (κ1) is 18.5. The van der Waals surface area contributed by atoms with Gasteiger partial charge < -0.3 is 15.5 Å². The van der Waals surface area contributed by atoms with Crippen LogP contribution in [-0.2, 0) is 0 Å². The minimum atomic E-state index is -0.287. The summed E-state index contributed by atoms with van der Waals surface area (Å²) in [4.78, 5) is 15.3. The van der Waals surface area contributed by atoms with Crippen LogP contribution in [0, 0.1) is 5.92 Å². The van der Waals surface area contributed by atoms with Crippen molar-refractivity contribution in [2.45, 2.75) is 32.3 Å². The number of pyridine rings is 1. The highest BCUT2D eigenvalue weighted by Crippen LogP contribution is 2.29. The molecule has 1 saturated carbocycles. The maximum atomic E-state index is 11.3. The first-order valence-electron chi connectivity index (χ1n) is 7.88. The molecule has 0 radical (unpaired) electrons. The third-order valence-electron chi connectivity index (χ3n) is 3.66. The van der Waals surface area contributed by atoms with Gasteiger partial charge in [-0.15, -0.1) is 0 Å². The fourth-order valence-corrected chi connectivity index (χ4v) is 2.41. The van der Waals surface area contributed by atoms with Gasteiger partial charge in [0.05, 0.1) is 10.7 Å². The van der Waals surface area contributed by atoms with E-state index in [4.69, 9.17) is 16.3 Å². The van der Waals surface area contributed by atoms with E-state index in [1.807, 2.05) is 12.3 Å². The van der Waals surface area contributed by atoms with E-state index < -0.39 is 0 Å². The predicted molar refractivity (Wildman–Crippen MR) is 97.2 cm³/mol. The largest absolute Gasteiger partial charge is 0.483 e. The summed E-state index contributed by atoms with van der Waals surface area (Å²) in [7, 11) is 0. The van der Waals surface area contributed by atoms with Crippen molar-refractivity contribution in [3.63, 3.8) is 0 Å². The molecule has 1 aromatic rings. The summed E-state index contributed by atoms with van der Waals surface area (Å²) >= 11 is 3.41. The Morgan fingerprint density at radius 3 is 2.83 bits per heavy atom. The van der Waals surface area contributed by atoms with Crippen LogP contribution in [0.5, 0.6) is 5.75 Å². The molecule has 1 heterocycles. The van der Waals surface area contributed by atoms with Crippen LogP contribution in [0.15, 0.2) is 41.3 Å². The minimum Gasteiger partial charge on any atom is -0.483 e. The highest BCUT2D eigenvalue weighted by molar-refractivity contribution is 9.11. The number of hydrogen-bond acceptors (Lipinski definition) is 6. The number of carbonyl (C=O) groups is 1. The fraction of sp³-hybridized carbons (Fsp3) is 0.412. The zero-order valence-electron chi connectivity index (χ0n) is 13.7. The molecule has 6 nitrogen and oxygen atoms in total. The lowest BCUT2D eigenvalue weighted by atomic mass is 10.2. The second-order valence-electron chi connectivity index (χ2n) is 5.85. The minimum absolute atomic E-state index is 0.0808. The second kappa shape index (κ2) is 8.84. The van der Waals surface area contributed by atoms with Gasteiger partial charge in [-0.1, -0.05) is 6.08 Å². The van der Waals surface area contributed by atoms with Crippen LogP contribution in [0.4, 0.5) is 0 Å². The lowest BCUT2D eigenvalue weighted by Gasteiger charge is -2.18. The molecule has 0 bridgehead atoms. The Morgan fingerprint density at radius 2 is 2.29 bits per heavy atom. The van der Waals surface area contributed by atoms with Gasteiger partial charge in [-0.3, -0.25) is 4.79 Å². The quantitative estimate of drug-likeness (QED) is 0.379. The second-order valence-corrected chi connectivity index (χ2v) is 6.77. The van der Waals surface area contributed by atoms with Crippen LogP contribution < -0.4 is 16.3 Å². The number of ketones is 1. The van der Waals surface area contributed by atoms with Crippen molar-refractivity contribution in [2.75, 3.05) is 6.54 Å². The first-order chi connectivity index (χ1) is 11.5. The Balaban J connectivity index is 1.94. The van der Waals surface area contributed by atoms with E-state index in [9.17, 15) is 4.79 Å². The van der Waals surface area contributed by atoms with Gasteiger partial charge in [0.15, 0.2) is 5.78 Å². The van der Waals surface area contributed by atoms with Crippen LogP contribution in [0.1, 0.15) is 36.7 Å². The fourth-order valence-electron chi connectivity index (χ4n) is 2.13. The summed E-state index contributed by atoms with van der Waals surface area (Å²) in [6.07, 6.45) is 9.65. The van der Waals surface area contributed by atoms with Crippen molar-refractivity contribution in [1.82, 2.24) is 9.99 Å². The molecule has 1 aliphatic carbocycles. The topological polar surface area (TPSA) is 94.5 Å². The zero-order chi connectivity index (χ0) is 17.5. The molecule has 0 saturated heterocycles. The van der Waals surface area contributed by atoms with Gasteiger partial charge in [0, 0.05) is 32.3 Å². The molecule has 7 heteroatoms. The molecule has 0 aromatic carbocycles. The summed E-state index contributed by atoms with van der Waals surface area (Å²) in [5, 5.41) is 1.71. The van der Waals surface area contributed by atoms with E-state index in [2.05, 4.69) is 20.9 Å². The molecule has 1 unspecified atom stereocenters. The van der Waals surface area contributed by atoms with Gasteiger partial charge in [-0.2, -0.15) is 0 Å². The highest BCUT2D eigenvalue weighted by Gasteiger charge is 2.22. The average molecular weight is 395 g/mol. The van der Waals surface area contributed by atoms with E-state index in [0.717, 1.165) is 16.9 Å². The lowest BCUT2D eigenvalue weighted by molar-refractivity contribution is 0.101. The summed E-state index contributed by atoms with van der Waals surface area (Å²) in [5.74, 6) is 7.14. The standard InChI is InChI=1S/C17H23BrN4O2/c1-12(23)16-7-6-14(10-21-16)24-17(15(18)9-19)3-2-8-22(20)11-13-4-5-13/h2,6-10,13,17H,3-5,11,19-20H2,1H3/b8-2+,15-9-. The number of nitrogens with zero attached hydrogens (tertiary/aromatic N) is 2. The number of hydrazine groups is 1. The van der Waals surface area contributed by atoms with Gasteiger partial charge in [0.2, 0.25) is 0 Å². The molecular formula is C17H23BrN4O2. The van der Waals surface area contributed by atoms with E-state index in [0.29, 0.717) is 17.9 Å². The molecule has 0 spiro atoms. The molecule has 1 atom stereocenters. The van der Waals surface area contributed by atoms with Crippen LogP contribution in [0.2, 0.25) is 0 Å². The average Bonchev–Trinajstić information content (AvgIpc) is 3.37. The molecular weight excluding hydrogens is 372 g/mol. The summed E-state index contributed by atoms with van der Waals surface area (Å²) < 4.78 is 6.63. The van der Waals surface area contributed by atoms with Crippen LogP contribution in [0.25, 0.3) is 0 Å². The maximum Gasteiger partial charge on any atom is 0.178 e. The third kappa shape index (κ3) is 5.98. The van der Waals surface area contributed by atoms with Crippen molar-refractivity contribution in [3.8, 4) is 5.75 Å². The maximum absolute atomic E-state index is 11.3. The number of carbonyl (C=O) groups excluding carboxylic acids is 1. The third-order valence-corrected chi connectivity index (χ3v) is 4.43. The normalized spacial score (nSPS) is 16.2. The van der Waals surface area contributed by atoms with E-state index >= 15 is 0 Å². The predicted octanol–water partition coefficient (Wildman–Crippen LogP) is 2.72. The van der Waals surface area contributed by atoms with Gasteiger partial charge in [-0.05, 0) is 46.8 Å². The van der Waals surface area contributed by atoms with E-state index in [1.54, 1.807) is 17.1 Å². The van der Waals surface area contributed by atoms with Gasteiger partial charge in [-0.25, -0.2) is 10.8 Å². The molecule has 0 aliphatic heterocycles. The SMILES string of the molecule is CC(=O)c1ccc(OC(C/C=C/N(N)CC2CC2)/C(Br)=C/N)cn1. The Hall–Kier alpha value is -1.86. The molecule has 1 aliphatic rings. The van der Waals surface area contributed by atoms with Crippen molar-refractivity contribution in [3.05, 3.63) is 47.0 Å². The van der Waals surface area contributed by atoms with Crippen LogP contribution in [-0.4, -0.2) is 28.4 Å². The number of ether oxygens (including phenoxy) is 1. The number of Topliss-reactive ketones (excluding diaryl/α,β-unsaturated/α-hetero) is 1. The Morgan fingerprint density at radius 1 is 1.54 bits per heavy atom. The Bertz CT molecular complexity index is 612. The van der Waals surface area contributed by atoms with Crippen LogP contribution >= 0.6 is 15.9 Å². The molecule has 2 rings (SSSR count). The first-order valence-corrected chi connectivity index (χ1v) is 8.67. The van der Waals surface area contributed by atoms with Crippen molar-refractivity contribution < 1.29 is 9.53 Å².